The Labute approximate surface area is 139 Å². The summed E-state index contributed by atoms with van der Waals surface area (Å²) in [6.07, 6.45) is 3.33. The maximum atomic E-state index is 5.79. The van der Waals surface area contributed by atoms with E-state index in [4.69, 9.17) is 4.74 Å². The molecular weight excluding hydrogens is 284 g/mol. The minimum atomic E-state index is 0.604. The number of aryl methyl sites for hydroxylation is 1. The van der Waals surface area contributed by atoms with Crippen LogP contribution in [0.3, 0.4) is 0 Å². The van der Waals surface area contributed by atoms with Gasteiger partial charge in [0, 0.05) is 18.2 Å². The number of nitrogens with one attached hydrogen (secondary N) is 2. The van der Waals surface area contributed by atoms with Crippen LogP contribution in [0.4, 0.5) is 5.69 Å². The van der Waals surface area contributed by atoms with Crippen molar-refractivity contribution in [2.45, 2.75) is 32.2 Å². The first-order chi connectivity index (χ1) is 11.3. The first-order valence-corrected chi connectivity index (χ1v) is 8.55. The van der Waals surface area contributed by atoms with Gasteiger partial charge in [-0.2, -0.15) is 0 Å². The maximum absolute atomic E-state index is 5.79. The van der Waals surface area contributed by atoms with Gasteiger partial charge in [-0.3, -0.25) is 0 Å². The molecule has 0 unspecified atom stereocenters. The van der Waals surface area contributed by atoms with Gasteiger partial charge < -0.3 is 15.4 Å². The highest BCUT2D eigenvalue weighted by Crippen LogP contribution is 2.16. The molecule has 3 nitrogen and oxygen atoms in total. The second kappa shape index (κ2) is 8.02. The molecule has 0 aliphatic carbocycles. The standard InChI is InChI=1S/C20H26N2O/c1-16-2-8-20(9-3-16)23-15-12-17-4-6-18(7-5-17)22-19-10-13-21-14-11-19/h2-9,19,21-22H,10-15H2,1H3. The van der Waals surface area contributed by atoms with Gasteiger partial charge in [0.05, 0.1) is 6.61 Å². The molecule has 0 saturated carbocycles. The summed E-state index contributed by atoms with van der Waals surface area (Å²) in [6.45, 7) is 5.03. The normalized spacial score (nSPS) is 15.3. The Morgan fingerprint density at radius 1 is 1.00 bits per heavy atom. The van der Waals surface area contributed by atoms with Crippen LogP contribution in [-0.2, 0) is 6.42 Å². The van der Waals surface area contributed by atoms with Gasteiger partial charge in [0.2, 0.25) is 0 Å². The number of benzene rings is 2. The van der Waals surface area contributed by atoms with Crippen LogP contribution in [0.2, 0.25) is 0 Å². The zero-order valence-electron chi connectivity index (χ0n) is 13.8. The van der Waals surface area contributed by atoms with E-state index in [0.29, 0.717) is 12.6 Å². The molecule has 2 aromatic carbocycles. The molecule has 0 atom stereocenters. The summed E-state index contributed by atoms with van der Waals surface area (Å²) < 4.78 is 5.79. The molecule has 1 heterocycles. The number of rotatable bonds is 6. The summed E-state index contributed by atoms with van der Waals surface area (Å²) in [6, 6.07) is 17.6. The predicted octanol–water partition coefficient (Wildman–Crippen LogP) is 3.78. The fourth-order valence-corrected chi connectivity index (χ4v) is 2.89. The summed E-state index contributed by atoms with van der Waals surface area (Å²) in [5, 5.41) is 7.02. The monoisotopic (exact) mass is 310 g/mol. The predicted molar refractivity (Wildman–Crippen MR) is 96.3 cm³/mol. The quantitative estimate of drug-likeness (QED) is 0.852. The van der Waals surface area contributed by atoms with E-state index in [1.165, 1.54) is 29.7 Å². The number of anilines is 1. The average molecular weight is 310 g/mol. The molecule has 2 N–H and O–H groups in total. The first-order valence-electron chi connectivity index (χ1n) is 8.55. The van der Waals surface area contributed by atoms with E-state index in [2.05, 4.69) is 54.0 Å². The molecule has 1 aliphatic heterocycles. The third-order valence-corrected chi connectivity index (χ3v) is 4.34. The molecule has 0 radical (unpaired) electrons. The van der Waals surface area contributed by atoms with Gasteiger partial charge in [-0.25, -0.2) is 0 Å². The highest BCUT2D eigenvalue weighted by Gasteiger charge is 2.12. The Morgan fingerprint density at radius 2 is 1.70 bits per heavy atom. The topological polar surface area (TPSA) is 33.3 Å². The van der Waals surface area contributed by atoms with E-state index < -0.39 is 0 Å². The minimum Gasteiger partial charge on any atom is -0.493 e. The molecule has 0 bridgehead atoms. The van der Waals surface area contributed by atoms with E-state index >= 15 is 0 Å². The molecular formula is C20H26N2O. The van der Waals surface area contributed by atoms with Crippen molar-refractivity contribution >= 4 is 5.69 Å². The minimum absolute atomic E-state index is 0.604. The third-order valence-electron chi connectivity index (χ3n) is 4.34. The molecule has 0 amide bonds. The van der Waals surface area contributed by atoms with Crippen molar-refractivity contribution in [2.24, 2.45) is 0 Å². The van der Waals surface area contributed by atoms with Gasteiger partial charge in [0.15, 0.2) is 0 Å². The number of piperidine rings is 1. The lowest BCUT2D eigenvalue weighted by Gasteiger charge is -2.24. The molecule has 1 aliphatic rings. The molecule has 23 heavy (non-hydrogen) atoms. The Kier molecular flexibility index (Phi) is 5.54. The van der Waals surface area contributed by atoms with Gasteiger partial charge in [0.25, 0.3) is 0 Å². The van der Waals surface area contributed by atoms with Crippen molar-refractivity contribution < 1.29 is 4.74 Å². The molecule has 3 rings (SSSR count). The van der Waals surface area contributed by atoms with E-state index in [0.717, 1.165) is 25.3 Å². The smallest absolute Gasteiger partial charge is 0.119 e. The number of hydrogen-bond donors (Lipinski definition) is 2. The fourth-order valence-electron chi connectivity index (χ4n) is 2.89. The van der Waals surface area contributed by atoms with Gasteiger partial charge in [0.1, 0.15) is 5.75 Å². The fraction of sp³-hybridized carbons (Fsp3) is 0.400. The Bertz CT molecular complexity index is 586. The molecule has 3 heteroatoms. The van der Waals surface area contributed by atoms with E-state index in [9.17, 15) is 0 Å². The van der Waals surface area contributed by atoms with Crippen molar-refractivity contribution in [1.29, 1.82) is 0 Å². The van der Waals surface area contributed by atoms with Gasteiger partial charge in [-0.15, -0.1) is 0 Å². The highest BCUT2D eigenvalue weighted by atomic mass is 16.5. The largest absolute Gasteiger partial charge is 0.493 e. The van der Waals surface area contributed by atoms with E-state index in [1.54, 1.807) is 0 Å². The van der Waals surface area contributed by atoms with Crippen molar-refractivity contribution in [1.82, 2.24) is 5.32 Å². The second-order valence-electron chi connectivity index (χ2n) is 6.28. The SMILES string of the molecule is Cc1ccc(OCCc2ccc(NC3CCNCC3)cc2)cc1. The van der Waals surface area contributed by atoms with Crippen LogP contribution in [0.15, 0.2) is 48.5 Å². The van der Waals surface area contributed by atoms with Crippen LogP contribution < -0.4 is 15.4 Å². The van der Waals surface area contributed by atoms with Crippen molar-refractivity contribution in [3.05, 3.63) is 59.7 Å². The van der Waals surface area contributed by atoms with Gasteiger partial charge in [-0.1, -0.05) is 29.8 Å². The van der Waals surface area contributed by atoms with Gasteiger partial charge in [-0.05, 0) is 62.7 Å². The molecule has 2 aromatic rings. The lowest BCUT2D eigenvalue weighted by Crippen LogP contribution is -2.35. The summed E-state index contributed by atoms with van der Waals surface area (Å²) in [5.41, 5.74) is 3.79. The molecule has 1 saturated heterocycles. The average Bonchev–Trinajstić information content (AvgIpc) is 2.59. The Balaban J connectivity index is 1.44. The number of ether oxygens (including phenoxy) is 1. The van der Waals surface area contributed by atoms with Crippen molar-refractivity contribution in [3.8, 4) is 5.75 Å². The lowest BCUT2D eigenvalue weighted by molar-refractivity contribution is 0.322. The lowest BCUT2D eigenvalue weighted by atomic mass is 10.1. The van der Waals surface area contributed by atoms with Crippen LogP contribution in [0, 0.1) is 6.92 Å². The zero-order chi connectivity index (χ0) is 15.9. The molecule has 1 fully saturated rings. The Morgan fingerprint density at radius 3 is 2.39 bits per heavy atom. The van der Waals surface area contributed by atoms with Crippen LogP contribution in [-0.4, -0.2) is 25.7 Å². The summed E-state index contributed by atoms with van der Waals surface area (Å²) in [7, 11) is 0. The summed E-state index contributed by atoms with van der Waals surface area (Å²) in [4.78, 5) is 0. The molecule has 0 spiro atoms. The summed E-state index contributed by atoms with van der Waals surface area (Å²) in [5.74, 6) is 0.944. The van der Waals surface area contributed by atoms with Crippen LogP contribution in [0.1, 0.15) is 24.0 Å². The third kappa shape index (κ3) is 5.00. The van der Waals surface area contributed by atoms with Crippen LogP contribution in [0.25, 0.3) is 0 Å². The first kappa shape index (κ1) is 15.9. The number of hydrogen-bond acceptors (Lipinski definition) is 3. The van der Waals surface area contributed by atoms with Crippen molar-refractivity contribution in [2.75, 3.05) is 25.0 Å². The van der Waals surface area contributed by atoms with E-state index in [1.807, 2.05) is 12.1 Å². The van der Waals surface area contributed by atoms with Gasteiger partial charge >= 0.3 is 0 Å². The van der Waals surface area contributed by atoms with E-state index in [-0.39, 0.29) is 0 Å². The van der Waals surface area contributed by atoms with Crippen LogP contribution in [0.5, 0.6) is 5.75 Å². The Hall–Kier alpha value is -2.00. The highest BCUT2D eigenvalue weighted by molar-refractivity contribution is 5.45. The van der Waals surface area contributed by atoms with Crippen molar-refractivity contribution in [3.63, 3.8) is 0 Å². The molecule has 122 valence electrons. The second-order valence-corrected chi connectivity index (χ2v) is 6.28. The summed E-state index contributed by atoms with van der Waals surface area (Å²) >= 11 is 0. The molecule has 0 aromatic heterocycles. The zero-order valence-corrected chi connectivity index (χ0v) is 13.8. The van der Waals surface area contributed by atoms with Crippen LogP contribution >= 0.6 is 0 Å². The maximum Gasteiger partial charge on any atom is 0.119 e.